The third kappa shape index (κ3) is 5.21. The van der Waals surface area contributed by atoms with Gasteiger partial charge in [0.25, 0.3) is 0 Å². The molecule has 2 amide bonds. The molecule has 20 heavy (non-hydrogen) atoms. The van der Waals surface area contributed by atoms with Crippen LogP contribution >= 0.6 is 11.6 Å². The molecule has 0 heterocycles. The number of halogens is 1. The van der Waals surface area contributed by atoms with E-state index in [9.17, 15) is 9.59 Å². The highest BCUT2D eigenvalue weighted by molar-refractivity contribution is 6.33. The van der Waals surface area contributed by atoms with Crippen LogP contribution in [-0.4, -0.2) is 24.9 Å². The maximum Gasteiger partial charge on any atom is 0.223 e. The van der Waals surface area contributed by atoms with Gasteiger partial charge in [0.15, 0.2) is 0 Å². The number of amides is 2. The normalized spacial score (nSPS) is 10.2. The molecular weight excluding hydrogens is 276 g/mol. The highest BCUT2D eigenvalue weighted by Crippen LogP contribution is 2.25. The number of hydrogen-bond donors (Lipinski definition) is 1. The Labute approximate surface area is 125 Å². The summed E-state index contributed by atoms with van der Waals surface area (Å²) in [5.74, 6) is -0.170. The molecule has 0 aromatic heterocycles. The van der Waals surface area contributed by atoms with Gasteiger partial charge >= 0.3 is 0 Å². The molecule has 0 saturated carbocycles. The van der Waals surface area contributed by atoms with Crippen molar-refractivity contribution in [2.75, 3.05) is 18.0 Å². The molecular formula is C15H21ClN2O2. The Morgan fingerprint density at radius 3 is 2.60 bits per heavy atom. The average molecular weight is 297 g/mol. The molecule has 110 valence electrons. The molecule has 1 N–H and O–H groups in total. The Morgan fingerprint density at radius 2 is 2.00 bits per heavy atom. The molecule has 1 rings (SSSR count). The van der Waals surface area contributed by atoms with Gasteiger partial charge < -0.3 is 10.2 Å². The van der Waals surface area contributed by atoms with Crippen LogP contribution in [0, 0.1) is 0 Å². The zero-order chi connectivity index (χ0) is 15.0. The summed E-state index contributed by atoms with van der Waals surface area (Å²) in [6.07, 6.45) is 2.28. The Kier molecular flexibility index (Phi) is 7.09. The second kappa shape index (κ2) is 8.59. The van der Waals surface area contributed by atoms with E-state index < -0.39 is 0 Å². The van der Waals surface area contributed by atoms with Gasteiger partial charge in [0.1, 0.15) is 0 Å². The van der Waals surface area contributed by atoms with Gasteiger partial charge in [-0.25, -0.2) is 0 Å². The molecule has 1 aromatic rings. The summed E-state index contributed by atoms with van der Waals surface area (Å²) >= 11 is 6.09. The quantitative estimate of drug-likeness (QED) is 0.786. The topological polar surface area (TPSA) is 49.4 Å². The molecule has 4 nitrogen and oxygen atoms in total. The van der Waals surface area contributed by atoms with E-state index in [0.29, 0.717) is 23.8 Å². The average Bonchev–Trinajstić information content (AvgIpc) is 2.41. The van der Waals surface area contributed by atoms with Crippen LogP contribution < -0.4 is 10.2 Å². The molecule has 0 aliphatic heterocycles. The number of rotatable bonds is 7. The first kappa shape index (κ1) is 16.5. The first-order chi connectivity index (χ1) is 9.56. The smallest absolute Gasteiger partial charge is 0.223 e. The molecule has 0 aliphatic rings. The first-order valence-corrected chi connectivity index (χ1v) is 7.23. The summed E-state index contributed by atoms with van der Waals surface area (Å²) < 4.78 is 0. The van der Waals surface area contributed by atoms with E-state index in [2.05, 4.69) is 12.2 Å². The molecule has 1 aromatic carbocycles. The van der Waals surface area contributed by atoms with Crippen LogP contribution in [0.2, 0.25) is 5.02 Å². The van der Waals surface area contributed by atoms with Crippen molar-refractivity contribution in [2.45, 2.75) is 33.1 Å². The number of unbranched alkanes of at least 4 members (excludes halogenated alkanes) is 1. The van der Waals surface area contributed by atoms with Crippen LogP contribution in [0.15, 0.2) is 24.3 Å². The van der Waals surface area contributed by atoms with Gasteiger partial charge in [0.05, 0.1) is 10.7 Å². The molecule has 0 bridgehead atoms. The number of nitrogens with one attached hydrogen (secondary N) is 1. The van der Waals surface area contributed by atoms with Crippen LogP contribution in [0.5, 0.6) is 0 Å². The van der Waals surface area contributed by atoms with E-state index in [0.717, 1.165) is 12.8 Å². The zero-order valence-corrected chi connectivity index (χ0v) is 12.7. The Bertz CT molecular complexity index is 463. The second-order valence-electron chi connectivity index (χ2n) is 4.58. The summed E-state index contributed by atoms with van der Waals surface area (Å²) in [5, 5.41) is 3.34. The Hall–Kier alpha value is -1.55. The van der Waals surface area contributed by atoms with Crippen LogP contribution in [-0.2, 0) is 9.59 Å². The fraction of sp³-hybridized carbons (Fsp3) is 0.467. The Morgan fingerprint density at radius 1 is 1.30 bits per heavy atom. The monoisotopic (exact) mass is 296 g/mol. The van der Waals surface area contributed by atoms with Gasteiger partial charge in [0, 0.05) is 26.4 Å². The van der Waals surface area contributed by atoms with Crippen LogP contribution in [0.1, 0.15) is 33.1 Å². The summed E-state index contributed by atoms with van der Waals surface area (Å²) in [4.78, 5) is 24.9. The number of nitrogens with zero attached hydrogens (tertiary/aromatic N) is 1. The van der Waals surface area contributed by atoms with Gasteiger partial charge in [0.2, 0.25) is 11.8 Å². The summed E-state index contributed by atoms with van der Waals surface area (Å²) in [7, 11) is 0. The third-order valence-corrected chi connectivity index (χ3v) is 3.26. The largest absolute Gasteiger partial charge is 0.356 e. The first-order valence-electron chi connectivity index (χ1n) is 6.85. The van der Waals surface area contributed by atoms with Crippen LogP contribution in [0.3, 0.4) is 0 Å². The van der Waals surface area contributed by atoms with Crippen molar-refractivity contribution in [3.05, 3.63) is 29.3 Å². The number of carbonyl (C=O) groups excluding carboxylic acids is 2. The number of anilines is 1. The molecule has 5 heteroatoms. The van der Waals surface area contributed by atoms with Crippen LogP contribution in [0.25, 0.3) is 0 Å². The lowest BCUT2D eigenvalue weighted by Crippen LogP contribution is -2.34. The predicted molar refractivity (Wildman–Crippen MR) is 82.0 cm³/mol. The molecule has 0 radical (unpaired) electrons. The summed E-state index contributed by atoms with van der Waals surface area (Å²) in [6, 6.07) is 7.13. The van der Waals surface area contributed by atoms with E-state index in [1.807, 2.05) is 12.1 Å². The second-order valence-corrected chi connectivity index (χ2v) is 4.98. The minimum Gasteiger partial charge on any atom is -0.356 e. The van der Waals surface area contributed by atoms with E-state index >= 15 is 0 Å². The van der Waals surface area contributed by atoms with E-state index in [4.69, 9.17) is 11.6 Å². The van der Waals surface area contributed by atoms with Crippen molar-refractivity contribution in [2.24, 2.45) is 0 Å². The third-order valence-electron chi connectivity index (χ3n) is 2.94. The number of carbonyl (C=O) groups is 2. The van der Waals surface area contributed by atoms with E-state index in [-0.39, 0.29) is 18.2 Å². The maximum atomic E-state index is 11.7. The molecule has 0 saturated heterocycles. The van der Waals surface area contributed by atoms with E-state index in [1.165, 1.54) is 11.8 Å². The standard InChI is InChI=1S/C15H21ClN2O2/c1-3-4-10-17-15(20)9-11-18(12(2)19)14-8-6-5-7-13(14)16/h5-8H,3-4,9-11H2,1-2H3,(H,17,20). The van der Waals surface area contributed by atoms with Gasteiger partial charge in [-0.15, -0.1) is 0 Å². The van der Waals surface area contributed by atoms with E-state index in [1.54, 1.807) is 12.1 Å². The van der Waals surface area contributed by atoms with Crippen molar-refractivity contribution in [3.8, 4) is 0 Å². The lowest BCUT2D eigenvalue weighted by molar-refractivity contribution is -0.121. The highest BCUT2D eigenvalue weighted by Gasteiger charge is 2.15. The van der Waals surface area contributed by atoms with Crippen molar-refractivity contribution in [3.63, 3.8) is 0 Å². The van der Waals surface area contributed by atoms with Crippen molar-refractivity contribution in [1.29, 1.82) is 0 Å². The number of para-hydroxylation sites is 1. The van der Waals surface area contributed by atoms with Gasteiger partial charge in [-0.2, -0.15) is 0 Å². The molecule has 0 aliphatic carbocycles. The van der Waals surface area contributed by atoms with Gasteiger partial charge in [-0.1, -0.05) is 37.1 Å². The summed E-state index contributed by atoms with van der Waals surface area (Å²) in [6.45, 7) is 4.55. The SMILES string of the molecule is CCCCNC(=O)CCN(C(C)=O)c1ccccc1Cl. The van der Waals surface area contributed by atoms with Crippen molar-refractivity contribution in [1.82, 2.24) is 5.32 Å². The minimum absolute atomic E-state index is 0.0447. The number of benzene rings is 1. The fourth-order valence-corrected chi connectivity index (χ4v) is 2.06. The van der Waals surface area contributed by atoms with Crippen molar-refractivity contribution < 1.29 is 9.59 Å². The predicted octanol–water partition coefficient (Wildman–Crippen LogP) is 3.00. The molecule has 0 fully saturated rings. The minimum atomic E-state index is -0.126. The lowest BCUT2D eigenvalue weighted by Gasteiger charge is -2.22. The molecule has 0 unspecified atom stereocenters. The number of hydrogen-bond acceptors (Lipinski definition) is 2. The lowest BCUT2D eigenvalue weighted by atomic mass is 10.2. The maximum absolute atomic E-state index is 11.7. The Balaban J connectivity index is 2.59. The fourth-order valence-electron chi connectivity index (χ4n) is 1.82. The molecule has 0 atom stereocenters. The molecule has 0 spiro atoms. The van der Waals surface area contributed by atoms with Crippen LogP contribution in [0.4, 0.5) is 5.69 Å². The zero-order valence-electron chi connectivity index (χ0n) is 12.0. The van der Waals surface area contributed by atoms with Gasteiger partial charge in [-0.3, -0.25) is 9.59 Å². The van der Waals surface area contributed by atoms with Crippen molar-refractivity contribution >= 4 is 29.1 Å². The summed E-state index contributed by atoms with van der Waals surface area (Å²) in [5.41, 5.74) is 0.642. The van der Waals surface area contributed by atoms with Gasteiger partial charge in [-0.05, 0) is 18.6 Å². The highest BCUT2D eigenvalue weighted by atomic mass is 35.5.